The quantitative estimate of drug-likeness (QED) is 0.910. The maximum absolute atomic E-state index is 12.8. The molecule has 1 aromatic rings. The van der Waals surface area contributed by atoms with Crippen molar-refractivity contribution in [1.82, 2.24) is 14.8 Å². The number of hydrogen-bond donors (Lipinski definition) is 1. The molecule has 5 heteroatoms. The fourth-order valence-electron chi connectivity index (χ4n) is 2.81. The first kappa shape index (κ1) is 15.4. The van der Waals surface area contributed by atoms with Crippen LogP contribution in [-0.4, -0.2) is 54.1 Å². The highest BCUT2D eigenvalue weighted by Crippen LogP contribution is 2.15. The lowest BCUT2D eigenvalue weighted by Gasteiger charge is -2.28. The predicted molar refractivity (Wildman–Crippen MR) is 78.9 cm³/mol. The third-order valence-corrected chi connectivity index (χ3v) is 4.04. The number of pyridine rings is 1. The maximum Gasteiger partial charge on any atom is 0.141 e. The van der Waals surface area contributed by atoms with E-state index in [1.54, 1.807) is 6.07 Å². The van der Waals surface area contributed by atoms with Gasteiger partial charge in [-0.3, -0.25) is 9.88 Å². The van der Waals surface area contributed by atoms with Gasteiger partial charge in [-0.25, -0.2) is 4.39 Å². The first-order chi connectivity index (χ1) is 9.56. The Morgan fingerprint density at radius 2 is 2.25 bits per heavy atom. The molecule has 20 heavy (non-hydrogen) atoms. The van der Waals surface area contributed by atoms with Crippen LogP contribution >= 0.6 is 0 Å². The first-order valence-corrected chi connectivity index (χ1v) is 7.36. The number of aromatic nitrogens is 1. The number of nitrogens with two attached hydrogens (primary N) is 1. The molecule has 0 amide bonds. The Balaban J connectivity index is 1.86. The van der Waals surface area contributed by atoms with Crippen LogP contribution in [0.1, 0.15) is 31.5 Å². The molecule has 0 aromatic carbocycles. The van der Waals surface area contributed by atoms with Gasteiger partial charge >= 0.3 is 0 Å². The Kier molecular flexibility index (Phi) is 5.46. The highest BCUT2D eigenvalue weighted by Gasteiger charge is 2.20. The Morgan fingerprint density at radius 1 is 1.45 bits per heavy atom. The number of likely N-dealkylation sites (N-methyl/N-ethyl adjacent to an activating group) is 1. The monoisotopic (exact) mass is 280 g/mol. The molecule has 2 atom stereocenters. The average Bonchev–Trinajstić information content (AvgIpc) is 2.57. The molecule has 0 saturated carbocycles. The van der Waals surface area contributed by atoms with Crippen molar-refractivity contribution in [3.8, 4) is 0 Å². The molecule has 0 spiro atoms. The van der Waals surface area contributed by atoms with Crippen LogP contribution in [0.4, 0.5) is 4.39 Å². The van der Waals surface area contributed by atoms with Crippen molar-refractivity contribution < 1.29 is 4.39 Å². The Morgan fingerprint density at radius 3 is 2.95 bits per heavy atom. The summed E-state index contributed by atoms with van der Waals surface area (Å²) in [6.45, 7) is 6.62. The summed E-state index contributed by atoms with van der Waals surface area (Å²) in [4.78, 5) is 8.94. The molecule has 2 heterocycles. The molecule has 1 aromatic heterocycles. The summed E-state index contributed by atoms with van der Waals surface area (Å²) in [5, 5.41) is 0. The fraction of sp³-hybridized carbons (Fsp3) is 0.667. The van der Waals surface area contributed by atoms with Gasteiger partial charge in [0.25, 0.3) is 0 Å². The van der Waals surface area contributed by atoms with Gasteiger partial charge in [-0.05, 0) is 52.0 Å². The van der Waals surface area contributed by atoms with Crippen molar-refractivity contribution in [3.63, 3.8) is 0 Å². The van der Waals surface area contributed by atoms with Crippen molar-refractivity contribution in [2.75, 3.05) is 33.2 Å². The van der Waals surface area contributed by atoms with Crippen molar-refractivity contribution in [2.24, 2.45) is 5.73 Å². The van der Waals surface area contributed by atoms with E-state index in [0.29, 0.717) is 6.04 Å². The first-order valence-electron chi connectivity index (χ1n) is 7.36. The van der Waals surface area contributed by atoms with Crippen LogP contribution in [0.15, 0.2) is 18.3 Å². The van der Waals surface area contributed by atoms with Gasteiger partial charge < -0.3 is 10.6 Å². The smallest absolute Gasteiger partial charge is 0.141 e. The van der Waals surface area contributed by atoms with Crippen LogP contribution in [0.2, 0.25) is 0 Å². The summed E-state index contributed by atoms with van der Waals surface area (Å²) in [5.41, 5.74) is 6.92. The van der Waals surface area contributed by atoms with Gasteiger partial charge in [-0.2, -0.15) is 0 Å². The standard InChI is InChI=1S/C15H25FN4/c1-12-11-19(2)7-3-8-20(12)9-6-14(17)15-5-4-13(16)10-18-15/h4-5,10,12,14H,3,6-9,11,17H2,1-2H3. The van der Waals surface area contributed by atoms with Crippen LogP contribution in [0.5, 0.6) is 0 Å². The minimum atomic E-state index is -0.315. The molecule has 0 bridgehead atoms. The van der Waals surface area contributed by atoms with Gasteiger partial charge in [0, 0.05) is 25.2 Å². The van der Waals surface area contributed by atoms with Crippen molar-refractivity contribution >= 4 is 0 Å². The minimum absolute atomic E-state index is 0.121. The second kappa shape index (κ2) is 7.11. The van der Waals surface area contributed by atoms with Crippen LogP contribution < -0.4 is 5.73 Å². The van der Waals surface area contributed by atoms with Crippen LogP contribution in [0.25, 0.3) is 0 Å². The molecule has 1 saturated heterocycles. The normalized spacial score (nSPS) is 23.5. The van der Waals surface area contributed by atoms with E-state index in [4.69, 9.17) is 5.73 Å². The van der Waals surface area contributed by atoms with Gasteiger partial charge in [0.1, 0.15) is 5.82 Å². The molecule has 1 fully saturated rings. The van der Waals surface area contributed by atoms with Crippen molar-refractivity contribution in [3.05, 3.63) is 29.8 Å². The minimum Gasteiger partial charge on any atom is -0.323 e. The zero-order chi connectivity index (χ0) is 14.5. The van der Waals surface area contributed by atoms with E-state index in [9.17, 15) is 4.39 Å². The van der Waals surface area contributed by atoms with Gasteiger partial charge in [0.2, 0.25) is 0 Å². The molecule has 2 N–H and O–H groups in total. The number of hydrogen-bond acceptors (Lipinski definition) is 4. The van der Waals surface area contributed by atoms with Gasteiger partial charge in [0.15, 0.2) is 0 Å². The molecular formula is C15H25FN4. The molecular weight excluding hydrogens is 255 g/mol. The van der Waals surface area contributed by atoms with E-state index in [0.717, 1.165) is 38.3 Å². The van der Waals surface area contributed by atoms with E-state index in [1.807, 2.05) is 0 Å². The predicted octanol–water partition coefficient (Wildman–Crippen LogP) is 1.64. The number of nitrogens with zero attached hydrogens (tertiary/aromatic N) is 3. The third-order valence-electron chi connectivity index (χ3n) is 4.04. The zero-order valence-corrected chi connectivity index (χ0v) is 12.4. The lowest BCUT2D eigenvalue weighted by molar-refractivity contribution is 0.196. The molecule has 1 aliphatic rings. The molecule has 4 nitrogen and oxygen atoms in total. The van der Waals surface area contributed by atoms with E-state index in [-0.39, 0.29) is 11.9 Å². The average molecular weight is 280 g/mol. The van der Waals surface area contributed by atoms with E-state index in [1.165, 1.54) is 18.7 Å². The molecule has 112 valence electrons. The van der Waals surface area contributed by atoms with Crippen LogP contribution in [0, 0.1) is 5.82 Å². The Labute approximate surface area is 120 Å². The van der Waals surface area contributed by atoms with E-state index >= 15 is 0 Å². The van der Waals surface area contributed by atoms with Crippen LogP contribution in [0.3, 0.4) is 0 Å². The molecule has 2 rings (SSSR count). The summed E-state index contributed by atoms with van der Waals surface area (Å²) in [6.07, 6.45) is 3.29. The molecule has 0 radical (unpaired) electrons. The second-order valence-electron chi connectivity index (χ2n) is 5.80. The molecule has 0 aliphatic carbocycles. The summed E-state index contributed by atoms with van der Waals surface area (Å²) in [5.74, 6) is -0.315. The largest absolute Gasteiger partial charge is 0.323 e. The van der Waals surface area contributed by atoms with Crippen molar-refractivity contribution in [1.29, 1.82) is 0 Å². The SMILES string of the molecule is CC1CN(C)CCCN1CCC(N)c1ccc(F)cn1. The second-order valence-corrected chi connectivity index (χ2v) is 5.80. The van der Waals surface area contributed by atoms with Gasteiger partial charge in [0.05, 0.1) is 11.9 Å². The van der Waals surface area contributed by atoms with E-state index < -0.39 is 0 Å². The lowest BCUT2D eigenvalue weighted by Crippen LogP contribution is -2.39. The summed E-state index contributed by atoms with van der Waals surface area (Å²) in [6, 6.07) is 3.53. The lowest BCUT2D eigenvalue weighted by atomic mass is 10.1. The highest BCUT2D eigenvalue weighted by atomic mass is 19.1. The van der Waals surface area contributed by atoms with Gasteiger partial charge in [-0.15, -0.1) is 0 Å². The van der Waals surface area contributed by atoms with Crippen LogP contribution in [-0.2, 0) is 0 Å². The summed E-state index contributed by atoms with van der Waals surface area (Å²) in [7, 11) is 2.17. The van der Waals surface area contributed by atoms with Crippen molar-refractivity contribution in [2.45, 2.75) is 31.8 Å². The Hall–Kier alpha value is -1.04. The number of halogens is 1. The summed E-state index contributed by atoms with van der Waals surface area (Å²) >= 11 is 0. The highest BCUT2D eigenvalue weighted by molar-refractivity contribution is 5.09. The molecule has 2 unspecified atom stereocenters. The topological polar surface area (TPSA) is 45.4 Å². The fourth-order valence-corrected chi connectivity index (χ4v) is 2.81. The number of rotatable bonds is 4. The third kappa shape index (κ3) is 4.23. The van der Waals surface area contributed by atoms with E-state index in [2.05, 4.69) is 28.8 Å². The Bertz CT molecular complexity index is 409. The van der Waals surface area contributed by atoms with Gasteiger partial charge in [-0.1, -0.05) is 0 Å². The summed E-state index contributed by atoms with van der Waals surface area (Å²) < 4.78 is 12.8. The zero-order valence-electron chi connectivity index (χ0n) is 12.4. The molecule has 1 aliphatic heterocycles. The maximum atomic E-state index is 12.8.